The first kappa shape index (κ1) is 15.6. The molecule has 0 aromatic heterocycles. The molecule has 0 saturated carbocycles. The van der Waals surface area contributed by atoms with Crippen LogP contribution in [0.25, 0.3) is 0 Å². The van der Waals surface area contributed by atoms with Crippen molar-refractivity contribution < 1.29 is 0 Å². The molecule has 3 aromatic carbocycles. The van der Waals surface area contributed by atoms with Crippen LogP contribution < -0.4 is 5.43 Å². The Kier molecular flexibility index (Phi) is 5.10. The van der Waals surface area contributed by atoms with Gasteiger partial charge in [0, 0.05) is 5.56 Å². The summed E-state index contributed by atoms with van der Waals surface area (Å²) in [4.78, 5) is 0. The largest absolute Gasteiger partial charge is 0.276 e. The minimum atomic E-state index is 0.529. The summed E-state index contributed by atoms with van der Waals surface area (Å²) >= 11 is 0. The van der Waals surface area contributed by atoms with E-state index in [0.717, 1.165) is 16.9 Å². The number of hydrazone groups is 1. The van der Waals surface area contributed by atoms with Crippen molar-refractivity contribution in [3.8, 4) is 0 Å². The molecule has 118 valence electrons. The second kappa shape index (κ2) is 7.83. The smallest absolute Gasteiger partial charge is 0.201 e. The fourth-order valence-corrected chi connectivity index (χ4v) is 2.16. The van der Waals surface area contributed by atoms with Gasteiger partial charge in [0.05, 0.1) is 11.4 Å². The van der Waals surface area contributed by atoms with Gasteiger partial charge in [0.1, 0.15) is 0 Å². The van der Waals surface area contributed by atoms with Gasteiger partial charge >= 0.3 is 0 Å². The van der Waals surface area contributed by atoms with Crippen LogP contribution in [0.3, 0.4) is 0 Å². The Bertz CT molecular complexity index is 840. The maximum atomic E-state index is 4.43. The van der Waals surface area contributed by atoms with Crippen LogP contribution in [0.1, 0.15) is 11.1 Å². The Morgan fingerprint density at radius 1 is 0.792 bits per heavy atom. The summed E-state index contributed by atoms with van der Waals surface area (Å²) in [6, 6.07) is 27.4. The maximum Gasteiger partial charge on any atom is 0.201 e. The van der Waals surface area contributed by atoms with Gasteiger partial charge in [-0.25, -0.2) is 0 Å². The van der Waals surface area contributed by atoms with Gasteiger partial charge in [-0.05, 0) is 36.8 Å². The van der Waals surface area contributed by atoms with Crippen molar-refractivity contribution in [2.75, 3.05) is 5.43 Å². The number of aryl methyl sites for hydroxylation is 1. The summed E-state index contributed by atoms with van der Waals surface area (Å²) in [6.45, 7) is 2.04. The van der Waals surface area contributed by atoms with Crippen LogP contribution in [0.4, 0.5) is 11.4 Å². The van der Waals surface area contributed by atoms with Gasteiger partial charge < -0.3 is 0 Å². The molecule has 0 aliphatic carbocycles. The zero-order valence-corrected chi connectivity index (χ0v) is 13.4. The second-order valence-electron chi connectivity index (χ2n) is 5.32. The summed E-state index contributed by atoms with van der Waals surface area (Å²) in [5.41, 5.74) is 6.83. The molecule has 4 nitrogen and oxygen atoms in total. The molecule has 0 radical (unpaired) electrons. The number of amidine groups is 1. The molecule has 0 spiro atoms. The molecule has 0 amide bonds. The van der Waals surface area contributed by atoms with Crippen molar-refractivity contribution in [2.45, 2.75) is 6.92 Å². The normalized spacial score (nSPS) is 11.6. The number of rotatable bonds is 4. The van der Waals surface area contributed by atoms with E-state index in [2.05, 4.69) is 20.8 Å². The van der Waals surface area contributed by atoms with E-state index in [1.807, 2.05) is 91.9 Å². The van der Waals surface area contributed by atoms with E-state index >= 15 is 0 Å². The van der Waals surface area contributed by atoms with Crippen molar-refractivity contribution in [1.82, 2.24) is 0 Å². The Hall–Kier alpha value is -3.27. The number of benzene rings is 3. The zero-order chi connectivity index (χ0) is 16.6. The Balaban J connectivity index is 1.87. The minimum absolute atomic E-state index is 0.529. The lowest BCUT2D eigenvalue weighted by atomic mass is 10.2. The number of azo groups is 1. The number of hydrogen-bond donors (Lipinski definition) is 1. The topological polar surface area (TPSA) is 49.1 Å². The average Bonchev–Trinajstić information content (AvgIpc) is 2.63. The number of hydrogen-bond acceptors (Lipinski definition) is 3. The van der Waals surface area contributed by atoms with E-state index in [9.17, 15) is 0 Å². The van der Waals surface area contributed by atoms with Gasteiger partial charge in [-0.2, -0.15) is 5.10 Å². The van der Waals surface area contributed by atoms with Crippen molar-refractivity contribution in [3.63, 3.8) is 0 Å². The fourth-order valence-electron chi connectivity index (χ4n) is 2.16. The fraction of sp³-hybridized carbons (Fsp3) is 0.0500. The highest BCUT2D eigenvalue weighted by molar-refractivity contribution is 5.99. The van der Waals surface area contributed by atoms with Crippen molar-refractivity contribution in [3.05, 3.63) is 96.1 Å². The van der Waals surface area contributed by atoms with Crippen LogP contribution in [0.15, 0.2) is 100 Å². The molecule has 0 saturated heterocycles. The maximum absolute atomic E-state index is 4.43. The molecule has 0 aliphatic heterocycles. The average molecular weight is 314 g/mol. The third kappa shape index (κ3) is 4.36. The van der Waals surface area contributed by atoms with Crippen LogP contribution >= 0.6 is 0 Å². The lowest BCUT2D eigenvalue weighted by Gasteiger charge is -2.04. The van der Waals surface area contributed by atoms with Gasteiger partial charge in [-0.15, -0.1) is 10.2 Å². The number of anilines is 1. The van der Waals surface area contributed by atoms with E-state index in [1.54, 1.807) is 0 Å². The van der Waals surface area contributed by atoms with Gasteiger partial charge in [-0.3, -0.25) is 5.43 Å². The predicted octanol–water partition coefficient (Wildman–Crippen LogP) is 5.55. The van der Waals surface area contributed by atoms with Crippen LogP contribution in [-0.4, -0.2) is 5.84 Å². The first-order chi connectivity index (χ1) is 11.8. The molecule has 0 heterocycles. The monoisotopic (exact) mass is 314 g/mol. The van der Waals surface area contributed by atoms with Crippen LogP contribution in [0.5, 0.6) is 0 Å². The molecule has 4 heteroatoms. The minimum Gasteiger partial charge on any atom is -0.276 e. The molecular formula is C20H18N4. The van der Waals surface area contributed by atoms with E-state index < -0.39 is 0 Å². The van der Waals surface area contributed by atoms with Gasteiger partial charge in [0.15, 0.2) is 0 Å². The summed E-state index contributed by atoms with van der Waals surface area (Å²) in [6.07, 6.45) is 0. The van der Waals surface area contributed by atoms with Crippen LogP contribution in [0.2, 0.25) is 0 Å². The van der Waals surface area contributed by atoms with E-state index in [-0.39, 0.29) is 0 Å². The molecule has 0 bridgehead atoms. The zero-order valence-electron chi connectivity index (χ0n) is 13.4. The highest BCUT2D eigenvalue weighted by atomic mass is 15.3. The van der Waals surface area contributed by atoms with E-state index in [1.165, 1.54) is 5.56 Å². The SMILES string of the molecule is Cc1cccc(N/N=C(\N=Nc2ccccc2)c2ccccc2)c1. The molecule has 24 heavy (non-hydrogen) atoms. The molecular weight excluding hydrogens is 296 g/mol. The molecule has 0 aliphatic rings. The van der Waals surface area contributed by atoms with E-state index in [0.29, 0.717) is 5.84 Å². The second-order valence-corrected chi connectivity index (χ2v) is 5.32. The summed E-state index contributed by atoms with van der Waals surface area (Å²) < 4.78 is 0. The number of nitrogens with one attached hydrogen (secondary N) is 1. The molecule has 1 N–H and O–H groups in total. The van der Waals surface area contributed by atoms with Crippen molar-refractivity contribution in [2.24, 2.45) is 15.3 Å². The first-order valence-electron chi connectivity index (χ1n) is 7.74. The van der Waals surface area contributed by atoms with Gasteiger partial charge in [0.25, 0.3) is 0 Å². The lowest BCUT2D eigenvalue weighted by Crippen LogP contribution is -2.01. The Morgan fingerprint density at radius 3 is 2.21 bits per heavy atom. The molecule has 0 unspecified atom stereocenters. The third-order valence-electron chi connectivity index (χ3n) is 3.36. The quantitative estimate of drug-likeness (QED) is 0.292. The van der Waals surface area contributed by atoms with E-state index in [4.69, 9.17) is 0 Å². The summed E-state index contributed by atoms with van der Waals surface area (Å²) in [5.74, 6) is 0.529. The molecule has 0 atom stereocenters. The summed E-state index contributed by atoms with van der Waals surface area (Å²) in [7, 11) is 0. The Labute approximate surface area is 141 Å². The van der Waals surface area contributed by atoms with Gasteiger partial charge in [-0.1, -0.05) is 60.7 Å². The predicted molar refractivity (Wildman–Crippen MR) is 98.7 cm³/mol. The van der Waals surface area contributed by atoms with Crippen LogP contribution in [0, 0.1) is 6.92 Å². The first-order valence-corrected chi connectivity index (χ1v) is 7.74. The Morgan fingerprint density at radius 2 is 1.50 bits per heavy atom. The highest BCUT2D eigenvalue weighted by Crippen LogP contribution is 2.14. The van der Waals surface area contributed by atoms with Crippen molar-refractivity contribution >= 4 is 17.2 Å². The third-order valence-corrected chi connectivity index (χ3v) is 3.36. The van der Waals surface area contributed by atoms with Crippen molar-refractivity contribution in [1.29, 1.82) is 0 Å². The number of nitrogens with zero attached hydrogens (tertiary/aromatic N) is 3. The lowest BCUT2D eigenvalue weighted by molar-refractivity contribution is 1.22. The molecule has 3 aromatic rings. The molecule has 0 fully saturated rings. The highest BCUT2D eigenvalue weighted by Gasteiger charge is 2.02. The van der Waals surface area contributed by atoms with Crippen LogP contribution in [-0.2, 0) is 0 Å². The standard InChI is InChI=1S/C20H18N4/c1-16-9-8-14-19(15-16)22-24-20(17-10-4-2-5-11-17)23-21-18-12-6-3-7-13-18/h2-15,22H,1H3/b23-21?,24-20-. The van der Waals surface area contributed by atoms with Gasteiger partial charge in [0.2, 0.25) is 5.84 Å². The molecule has 3 rings (SSSR count). The summed E-state index contributed by atoms with van der Waals surface area (Å²) in [5, 5.41) is 13.0.